The van der Waals surface area contributed by atoms with Crippen molar-refractivity contribution in [1.82, 2.24) is 10.6 Å². The summed E-state index contributed by atoms with van der Waals surface area (Å²) in [4.78, 5) is 13.3. The highest BCUT2D eigenvalue weighted by molar-refractivity contribution is 5.84. The van der Waals surface area contributed by atoms with E-state index in [0.717, 1.165) is 16.5 Å². The number of hydrogen-bond donors (Lipinski definition) is 3. The zero-order valence-electron chi connectivity index (χ0n) is 17.6. The van der Waals surface area contributed by atoms with Crippen LogP contribution in [0.5, 0.6) is 0 Å². The van der Waals surface area contributed by atoms with Gasteiger partial charge in [0.2, 0.25) is 5.91 Å². The number of fused-ring (bicyclic) bond motifs is 1. The monoisotopic (exact) mass is 402 g/mol. The van der Waals surface area contributed by atoms with Gasteiger partial charge in [-0.2, -0.15) is 0 Å². The summed E-state index contributed by atoms with van der Waals surface area (Å²) in [6.45, 7) is 4.76. The van der Waals surface area contributed by atoms with E-state index >= 15 is 0 Å². The molecule has 156 valence electrons. The van der Waals surface area contributed by atoms with Crippen molar-refractivity contribution in [2.75, 3.05) is 6.61 Å². The maximum Gasteiger partial charge on any atom is 0.225 e. The molecule has 0 bridgehead atoms. The highest BCUT2D eigenvalue weighted by atomic mass is 16.3. The van der Waals surface area contributed by atoms with E-state index in [1.165, 1.54) is 5.39 Å². The van der Waals surface area contributed by atoms with Crippen LogP contribution in [0.25, 0.3) is 10.8 Å². The highest BCUT2D eigenvalue weighted by Gasteiger charge is 2.47. The number of hydrogen-bond acceptors (Lipinski definition) is 3. The van der Waals surface area contributed by atoms with E-state index in [0.29, 0.717) is 12.5 Å². The summed E-state index contributed by atoms with van der Waals surface area (Å²) in [5.74, 6) is -0.145. The Labute approximate surface area is 178 Å². The third-order valence-electron chi connectivity index (χ3n) is 6.33. The molecule has 1 fully saturated rings. The molecular weight excluding hydrogens is 372 g/mol. The van der Waals surface area contributed by atoms with Gasteiger partial charge < -0.3 is 15.7 Å². The molecule has 1 saturated heterocycles. The molecule has 4 heteroatoms. The van der Waals surface area contributed by atoms with Crippen LogP contribution >= 0.6 is 0 Å². The summed E-state index contributed by atoms with van der Waals surface area (Å²) in [6.07, 6.45) is 0. The molecule has 1 amide bonds. The molecule has 4 rings (SSSR count). The molecule has 0 saturated carbocycles. The molecule has 3 aromatic carbocycles. The number of aliphatic hydroxyl groups excluding tert-OH is 1. The second-order valence-electron chi connectivity index (χ2n) is 8.60. The molecule has 1 aliphatic rings. The molecule has 0 radical (unpaired) electrons. The first kappa shape index (κ1) is 20.6. The largest absolute Gasteiger partial charge is 0.396 e. The van der Waals surface area contributed by atoms with Crippen molar-refractivity contribution in [3.05, 3.63) is 83.9 Å². The lowest BCUT2D eigenvalue weighted by molar-refractivity contribution is -0.127. The Morgan fingerprint density at radius 1 is 1.00 bits per heavy atom. The lowest BCUT2D eigenvalue weighted by Crippen LogP contribution is -2.39. The number of benzene rings is 3. The summed E-state index contributed by atoms with van der Waals surface area (Å²) in [6, 6.07) is 24.5. The number of aliphatic hydroxyl groups is 1. The Kier molecular flexibility index (Phi) is 6.16. The minimum atomic E-state index is -0.327. The first-order valence-corrected chi connectivity index (χ1v) is 10.8. The molecule has 1 aliphatic heterocycles. The molecule has 3 N–H and O–H groups in total. The third-order valence-corrected chi connectivity index (χ3v) is 6.33. The fourth-order valence-corrected chi connectivity index (χ4v) is 4.77. The standard InChI is InChI=1S/C26H30N2O2/c1-17(2)24-22(16-29)23(26(30)27-15-18-8-4-3-5-9-18)25(28-24)21-13-12-19-10-6-7-11-20(19)14-21/h3-14,17,22-25,28-29H,15-16H2,1-2H3,(H,27,30)/t22-,23+,24+,25+/m0/s1. The van der Waals surface area contributed by atoms with Crippen molar-refractivity contribution in [3.8, 4) is 0 Å². The summed E-state index contributed by atoms with van der Waals surface area (Å²) in [5.41, 5.74) is 2.16. The van der Waals surface area contributed by atoms with Crippen LogP contribution in [-0.2, 0) is 11.3 Å². The summed E-state index contributed by atoms with van der Waals surface area (Å²) < 4.78 is 0. The van der Waals surface area contributed by atoms with Crippen molar-refractivity contribution in [2.24, 2.45) is 17.8 Å². The maximum absolute atomic E-state index is 13.3. The van der Waals surface area contributed by atoms with Crippen LogP contribution in [0, 0.1) is 17.8 Å². The number of amides is 1. The second kappa shape index (κ2) is 8.99. The van der Waals surface area contributed by atoms with Gasteiger partial charge in [-0.05, 0) is 33.9 Å². The summed E-state index contributed by atoms with van der Waals surface area (Å²) in [7, 11) is 0. The maximum atomic E-state index is 13.3. The fourth-order valence-electron chi connectivity index (χ4n) is 4.77. The summed E-state index contributed by atoms with van der Waals surface area (Å²) in [5, 5.41) is 19.3. The van der Waals surface area contributed by atoms with E-state index in [2.05, 4.69) is 54.8 Å². The Bertz CT molecular complexity index is 1000. The van der Waals surface area contributed by atoms with E-state index in [4.69, 9.17) is 0 Å². The van der Waals surface area contributed by atoms with Gasteiger partial charge in [-0.25, -0.2) is 0 Å². The molecular formula is C26H30N2O2. The van der Waals surface area contributed by atoms with Crippen LogP contribution in [0.3, 0.4) is 0 Å². The zero-order valence-corrected chi connectivity index (χ0v) is 17.6. The average molecular weight is 403 g/mol. The quantitative estimate of drug-likeness (QED) is 0.583. The molecule has 4 nitrogen and oxygen atoms in total. The van der Waals surface area contributed by atoms with Crippen molar-refractivity contribution < 1.29 is 9.90 Å². The minimum absolute atomic E-state index is 0.00767. The predicted octanol–water partition coefficient (Wildman–Crippen LogP) is 4.05. The van der Waals surface area contributed by atoms with Gasteiger partial charge in [0, 0.05) is 31.2 Å². The van der Waals surface area contributed by atoms with E-state index in [-0.39, 0.29) is 36.4 Å². The Balaban J connectivity index is 1.64. The van der Waals surface area contributed by atoms with Crippen LogP contribution in [-0.4, -0.2) is 23.7 Å². The van der Waals surface area contributed by atoms with Crippen molar-refractivity contribution in [1.29, 1.82) is 0 Å². The molecule has 30 heavy (non-hydrogen) atoms. The first-order chi connectivity index (χ1) is 14.6. The van der Waals surface area contributed by atoms with Crippen LogP contribution in [0.2, 0.25) is 0 Å². The number of carbonyl (C=O) groups is 1. The Morgan fingerprint density at radius 3 is 2.40 bits per heavy atom. The highest BCUT2D eigenvalue weighted by Crippen LogP contribution is 2.40. The molecule has 0 aromatic heterocycles. The van der Waals surface area contributed by atoms with Gasteiger partial charge in [-0.15, -0.1) is 0 Å². The molecule has 0 unspecified atom stereocenters. The van der Waals surface area contributed by atoms with Gasteiger partial charge in [-0.3, -0.25) is 4.79 Å². The molecule has 4 atom stereocenters. The van der Waals surface area contributed by atoms with Gasteiger partial charge in [-0.1, -0.05) is 80.6 Å². The van der Waals surface area contributed by atoms with E-state index in [1.807, 2.05) is 42.5 Å². The fraction of sp³-hybridized carbons (Fsp3) is 0.346. The van der Waals surface area contributed by atoms with Crippen LogP contribution in [0.1, 0.15) is 31.0 Å². The predicted molar refractivity (Wildman–Crippen MR) is 121 cm³/mol. The number of carbonyl (C=O) groups excluding carboxylic acids is 1. The molecule has 1 heterocycles. The van der Waals surface area contributed by atoms with Crippen LogP contribution in [0.15, 0.2) is 72.8 Å². The Morgan fingerprint density at radius 2 is 1.70 bits per heavy atom. The van der Waals surface area contributed by atoms with Crippen molar-refractivity contribution in [3.63, 3.8) is 0 Å². The van der Waals surface area contributed by atoms with E-state index < -0.39 is 0 Å². The summed E-state index contributed by atoms with van der Waals surface area (Å²) >= 11 is 0. The Hall–Kier alpha value is -2.69. The third kappa shape index (κ3) is 4.11. The minimum Gasteiger partial charge on any atom is -0.396 e. The lowest BCUT2D eigenvalue weighted by Gasteiger charge is -2.25. The van der Waals surface area contributed by atoms with E-state index in [9.17, 15) is 9.90 Å². The van der Waals surface area contributed by atoms with Gasteiger partial charge in [0.05, 0.1) is 5.92 Å². The van der Waals surface area contributed by atoms with Crippen molar-refractivity contribution >= 4 is 16.7 Å². The molecule has 3 aromatic rings. The van der Waals surface area contributed by atoms with Crippen molar-refractivity contribution in [2.45, 2.75) is 32.5 Å². The normalized spacial score (nSPS) is 23.7. The van der Waals surface area contributed by atoms with Gasteiger partial charge in [0.25, 0.3) is 0 Å². The van der Waals surface area contributed by atoms with Crippen LogP contribution in [0.4, 0.5) is 0 Å². The smallest absolute Gasteiger partial charge is 0.225 e. The molecule has 0 aliphatic carbocycles. The van der Waals surface area contributed by atoms with Crippen LogP contribution < -0.4 is 10.6 Å². The average Bonchev–Trinajstić information content (AvgIpc) is 3.18. The number of rotatable bonds is 6. The SMILES string of the molecule is CC(C)[C@H]1N[C@H](c2ccc3ccccc3c2)[C@H](C(=O)NCc2ccccc2)[C@@H]1CO. The van der Waals surface area contributed by atoms with E-state index in [1.54, 1.807) is 0 Å². The van der Waals surface area contributed by atoms with Gasteiger partial charge >= 0.3 is 0 Å². The zero-order chi connectivity index (χ0) is 21.1. The lowest BCUT2D eigenvalue weighted by atomic mass is 9.81. The van der Waals surface area contributed by atoms with Gasteiger partial charge in [0.1, 0.15) is 0 Å². The topological polar surface area (TPSA) is 61.4 Å². The second-order valence-corrected chi connectivity index (χ2v) is 8.60. The first-order valence-electron chi connectivity index (χ1n) is 10.8. The molecule has 0 spiro atoms. The van der Waals surface area contributed by atoms with Gasteiger partial charge in [0.15, 0.2) is 0 Å². The number of nitrogens with one attached hydrogen (secondary N) is 2.